The van der Waals surface area contributed by atoms with Crippen LogP contribution in [0.4, 0.5) is 5.95 Å². The number of aromatic nitrogens is 4. The lowest BCUT2D eigenvalue weighted by molar-refractivity contribution is 0.573. The van der Waals surface area contributed by atoms with Crippen LogP contribution >= 0.6 is 0 Å². The van der Waals surface area contributed by atoms with Gasteiger partial charge in [-0.2, -0.15) is 5.10 Å². The van der Waals surface area contributed by atoms with E-state index >= 15 is 0 Å². The van der Waals surface area contributed by atoms with Crippen molar-refractivity contribution in [2.24, 2.45) is 0 Å². The maximum atomic E-state index is 12.0. The molecule has 2 heterocycles. The summed E-state index contributed by atoms with van der Waals surface area (Å²) in [5.41, 5.74) is 2.78. The highest BCUT2D eigenvalue weighted by Gasteiger charge is 2.03. The first-order valence-electron chi connectivity index (χ1n) is 7.37. The average molecular weight is 297 g/mol. The second-order valence-corrected chi connectivity index (χ2v) is 5.36. The van der Waals surface area contributed by atoms with Crippen LogP contribution in [0, 0.1) is 13.8 Å². The number of hydrogen-bond donors (Lipinski definition) is 2. The fraction of sp³-hybridized carbons (Fsp3) is 0.312. The van der Waals surface area contributed by atoms with Crippen molar-refractivity contribution in [2.45, 2.75) is 26.8 Å². The normalized spacial score (nSPS) is 11.0. The molecule has 0 saturated heterocycles. The quantitative estimate of drug-likeness (QED) is 0.708. The van der Waals surface area contributed by atoms with Crippen LogP contribution in [0.2, 0.25) is 0 Å². The van der Waals surface area contributed by atoms with Crippen molar-refractivity contribution < 1.29 is 0 Å². The van der Waals surface area contributed by atoms with E-state index in [0.29, 0.717) is 16.9 Å². The Bertz CT molecular complexity index is 849. The van der Waals surface area contributed by atoms with Gasteiger partial charge in [0.15, 0.2) is 0 Å². The Morgan fingerprint density at radius 1 is 1.27 bits per heavy atom. The maximum Gasteiger partial charge on any atom is 0.260 e. The van der Waals surface area contributed by atoms with Gasteiger partial charge in [-0.25, -0.2) is 4.98 Å². The lowest BCUT2D eigenvalue weighted by Gasteiger charge is -2.07. The third kappa shape index (κ3) is 3.00. The molecule has 6 nitrogen and oxygen atoms in total. The standard InChI is InChI=1S/C16H19N5O/c1-11-10-12(2)21(20-11)9-5-8-17-16-18-14-7-4-3-6-13(14)15(22)19-16/h3-4,6-7,10H,5,8-9H2,1-2H3,(H2,17,18,19,22). The lowest BCUT2D eigenvalue weighted by atomic mass is 10.2. The van der Waals surface area contributed by atoms with Gasteiger partial charge in [0.05, 0.1) is 16.6 Å². The summed E-state index contributed by atoms with van der Waals surface area (Å²) in [7, 11) is 0. The summed E-state index contributed by atoms with van der Waals surface area (Å²) in [6.07, 6.45) is 0.901. The summed E-state index contributed by atoms with van der Waals surface area (Å²) in [5, 5.41) is 8.20. The van der Waals surface area contributed by atoms with Crippen molar-refractivity contribution in [1.29, 1.82) is 0 Å². The molecule has 2 aromatic heterocycles. The van der Waals surface area contributed by atoms with E-state index in [1.54, 1.807) is 6.07 Å². The van der Waals surface area contributed by atoms with Gasteiger partial charge in [-0.15, -0.1) is 0 Å². The van der Waals surface area contributed by atoms with Crippen LogP contribution in [0.15, 0.2) is 35.1 Å². The summed E-state index contributed by atoms with van der Waals surface area (Å²) in [5.74, 6) is 0.511. The van der Waals surface area contributed by atoms with Crippen LogP contribution in [0.1, 0.15) is 17.8 Å². The van der Waals surface area contributed by atoms with Crippen LogP contribution < -0.4 is 10.9 Å². The molecule has 22 heavy (non-hydrogen) atoms. The van der Waals surface area contributed by atoms with Crippen LogP contribution in [0.5, 0.6) is 0 Å². The van der Waals surface area contributed by atoms with Crippen molar-refractivity contribution in [3.8, 4) is 0 Å². The lowest BCUT2D eigenvalue weighted by Crippen LogP contribution is -2.15. The number of fused-ring (bicyclic) bond motifs is 1. The van der Waals surface area contributed by atoms with Crippen LogP contribution in [-0.2, 0) is 6.54 Å². The molecule has 0 aliphatic heterocycles. The SMILES string of the molecule is Cc1cc(C)n(CCCNc2nc3ccccc3c(=O)[nH]2)n1. The van der Waals surface area contributed by atoms with Gasteiger partial charge in [-0.1, -0.05) is 12.1 Å². The van der Waals surface area contributed by atoms with Gasteiger partial charge in [0.25, 0.3) is 5.56 Å². The third-order valence-corrected chi connectivity index (χ3v) is 3.56. The molecule has 0 saturated carbocycles. The molecule has 0 spiro atoms. The van der Waals surface area contributed by atoms with E-state index in [9.17, 15) is 4.79 Å². The molecule has 1 aromatic carbocycles. The van der Waals surface area contributed by atoms with E-state index in [1.165, 1.54) is 0 Å². The van der Waals surface area contributed by atoms with Gasteiger partial charge in [0, 0.05) is 18.8 Å². The highest BCUT2D eigenvalue weighted by Crippen LogP contribution is 2.08. The van der Waals surface area contributed by atoms with Crippen molar-refractivity contribution >= 4 is 16.9 Å². The minimum absolute atomic E-state index is 0.119. The molecule has 0 fully saturated rings. The third-order valence-electron chi connectivity index (χ3n) is 3.56. The van der Waals surface area contributed by atoms with Gasteiger partial charge in [-0.3, -0.25) is 14.5 Å². The zero-order valence-electron chi connectivity index (χ0n) is 12.8. The van der Waals surface area contributed by atoms with Gasteiger partial charge in [0.2, 0.25) is 5.95 Å². The Morgan fingerprint density at radius 2 is 2.09 bits per heavy atom. The van der Waals surface area contributed by atoms with Gasteiger partial charge >= 0.3 is 0 Å². The molecule has 2 N–H and O–H groups in total. The molecule has 0 aliphatic carbocycles. The summed E-state index contributed by atoms with van der Waals surface area (Å²) in [4.78, 5) is 19.1. The largest absolute Gasteiger partial charge is 0.356 e. The molecule has 0 unspecified atom stereocenters. The second-order valence-electron chi connectivity index (χ2n) is 5.36. The Kier molecular flexibility index (Phi) is 3.91. The van der Waals surface area contributed by atoms with E-state index in [0.717, 1.165) is 30.9 Å². The van der Waals surface area contributed by atoms with Gasteiger partial charge in [0.1, 0.15) is 0 Å². The Balaban J connectivity index is 1.62. The zero-order valence-corrected chi connectivity index (χ0v) is 12.8. The predicted octanol–water partition coefficient (Wildman–Crippen LogP) is 2.24. The van der Waals surface area contributed by atoms with Crippen molar-refractivity contribution in [3.05, 3.63) is 52.1 Å². The monoisotopic (exact) mass is 297 g/mol. The average Bonchev–Trinajstić information content (AvgIpc) is 2.82. The molecule has 0 aliphatic rings. The first-order valence-corrected chi connectivity index (χ1v) is 7.37. The van der Waals surface area contributed by atoms with E-state index in [1.807, 2.05) is 29.8 Å². The number of anilines is 1. The minimum Gasteiger partial charge on any atom is -0.356 e. The van der Waals surface area contributed by atoms with Gasteiger partial charge in [-0.05, 0) is 38.5 Å². The first-order chi connectivity index (χ1) is 10.6. The van der Waals surface area contributed by atoms with E-state index < -0.39 is 0 Å². The van der Waals surface area contributed by atoms with Crippen molar-refractivity contribution in [1.82, 2.24) is 19.7 Å². The number of benzene rings is 1. The van der Waals surface area contributed by atoms with Crippen LogP contribution in [0.3, 0.4) is 0 Å². The topological polar surface area (TPSA) is 75.6 Å². The first kappa shape index (κ1) is 14.3. The van der Waals surface area contributed by atoms with Crippen molar-refractivity contribution in [3.63, 3.8) is 0 Å². The summed E-state index contributed by atoms with van der Waals surface area (Å²) >= 11 is 0. The fourth-order valence-corrected chi connectivity index (χ4v) is 2.51. The molecule has 6 heteroatoms. The van der Waals surface area contributed by atoms with Gasteiger partial charge < -0.3 is 5.32 Å². The number of nitrogens with one attached hydrogen (secondary N) is 2. The number of hydrogen-bond acceptors (Lipinski definition) is 4. The van der Waals surface area contributed by atoms with E-state index in [-0.39, 0.29) is 5.56 Å². The number of H-pyrrole nitrogens is 1. The Labute approximate surface area is 128 Å². The number of aromatic amines is 1. The summed E-state index contributed by atoms with van der Waals surface area (Å²) in [6, 6.07) is 9.39. The fourth-order valence-electron chi connectivity index (χ4n) is 2.51. The predicted molar refractivity (Wildman–Crippen MR) is 87.2 cm³/mol. The van der Waals surface area contributed by atoms with Crippen molar-refractivity contribution in [2.75, 3.05) is 11.9 Å². The molecule has 3 rings (SSSR count). The van der Waals surface area contributed by atoms with E-state index in [2.05, 4.69) is 33.4 Å². The Hall–Kier alpha value is -2.63. The minimum atomic E-state index is -0.119. The summed E-state index contributed by atoms with van der Waals surface area (Å²) in [6.45, 7) is 5.60. The highest BCUT2D eigenvalue weighted by atomic mass is 16.1. The molecular weight excluding hydrogens is 278 g/mol. The molecule has 0 atom stereocenters. The molecular formula is C16H19N5O. The molecule has 114 valence electrons. The summed E-state index contributed by atoms with van der Waals surface area (Å²) < 4.78 is 1.99. The number of para-hydroxylation sites is 1. The molecule has 0 amide bonds. The number of nitrogens with zero attached hydrogens (tertiary/aromatic N) is 3. The Morgan fingerprint density at radius 3 is 2.86 bits per heavy atom. The zero-order chi connectivity index (χ0) is 15.5. The van der Waals surface area contributed by atoms with Crippen LogP contribution in [-0.4, -0.2) is 26.3 Å². The van der Waals surface area contributed by atoms with Crippen LogP contribution in [0.25, 0.3) is 10.9 Å². The molecule has 0 radical (unpaired) electrons. The van der Waals surface area contributed by atoms with E-state index in [4.69, 9.17) is 0 Å². The maximum absolute atomic E-state index is 12.0. The molecule has 3 aromatic rings. The number of aryl methyl sites for hydroxylation is 3. The number of rotatable bonds is 5. The molecule has 0 bridgehead atoms. The highest BCUT2D eigenvalue weighted by molar-refractivity contribution is 5.78. The second kappa shape index (κ2) is 6.01. The smallest absolute Gasteiger partial charge is 0.260 e.